The molecule has 0 spiro atoms. The fraction of sp³-hybridized carbons (Fsp3) is 0.750. The maximum atomic E-state index is 3.73. The molecule has 1 rings (SSSR count). The Labute approximate surface area is 62.9 Å². The predicted molar refractivity (Wildman–Crippen MR) is 44.1 cm³/mol. The Bertz CT molecular complexity index is 108. The number of hydrogen-bond donors (Lipinski definition) is 1. The molecule has 0 aromatic rings. The molecule has 0 amide bonds. The average Bonchev–Trinajstić information content (AvgIpc) is 1.83. The maximum Gasteiger partial charge on any atom is 0.0348 e. The van der Waals surface area contributed by atoms with E-state index in [-0.39, 0.29) is 0 Å². The molecule has 1 N–H and O–H groups in total. The van der Waals surface area contributed by atoms with E-state index in [0.29, 0.717) is 0 Å². The predicted octanol–water partition coefficient (Wildman–Crippen LogP) is 0.466. The maximum absolute atomic E-state index is 3.73. The van der Waals surface area contributed by atoms with Gasteiger partial charge in [0.1, 0.15) is 0 Å². The molecule has 1 aliphatic rings. The van der Waals surface area contributed by atoms with Crippen LogP contribution in [0.5, 0.6) is 0 Å². The first kappa shape index (κ1) is 7.76. The zero-order valence-electron chi connectivity index (χ0n) is 6.64. The highest BCUT2D eigenvalue weighted by Crippen LogP contribution is 2.03. The van der Waals surface area contributed by atoms with Gasteiger partial charge in [-0.3, -0.25) is 4.90 Å². The lowest BCUT2D eigenvalue weighted by molar-refractivity contribution is 0.169. The van der Waals surface area contributed by atoms with E-state index >= 15 is 0 Å². The quantitative estimate of drug-likeness (QED) is 0.571. The van der Waals surface area contributed by atoms with Crippen LogP contribution in [-0.4, -0.2) is 37.1 Å². The zero-order valence-corrected chi connectivity index (χ0v) is 6.64. The largest absolute Gasteiger partial charge is 0.314 e. The molecule has 10 heavy (non-hydrogen) atoms. The smallest absolute Gasteiger partial charge is 0.0348 e. The van der Waals surface area contributed by atoms with Gasteiger partial charge >= 0.3 is 0 Å². The van der Waals surface area contributed by atoms with Crippen molar-refractivity contribution in [3.05, 3.63) is 12.7 Å². The lowest BCUT2D eigenvalue weighted by atomic mass is 10.1. The molecule has 0 unspecified atom stereocenters. The van der Waals surface area contributed by atoms with Crippen LogP contribution in [0.3, 0.4) is 0 Å². The van der Waals surface area contributed by atoms with Crippen molar-refractivity contribution in [3.63, 3.8) is 0 Å². The third-order valence-corrected chi connectivity index (χ3v) is 2.05. The van der Waals surface area contributed by atoms with E-state index in [1.807, 2.05) is 6.08 Å². The van der Waals surface area contributed by atoms with Gasteiger partial charge in [0.25, 0.3) is 0 Å². The summed E-state index contributed by atoms with van der Waals surface area (Å²) in [6, 6.07) is 0.767. The molecule has 1 heterocycles. The first-order chi connectivity index (χ1) is 4.88. The molecule has 58 valence electrons. The second kappa shape index (κ2) is 3.74. The van der Waals surface area contributed by atoms with Gasteiger partial charge in [-0.05, 0) is 6.54 Å². The van der Waals surface area contributed by atoms with Crippen LogP contribution >= 0.6 is 0 Å². The molecular weight excluding hydrogens is 124 g/mol. The lowest BCUT2D eigenvalue weighted by Crippen LogP contribution is -2.57. The van der Waals surface area contributed by atoms with Crippen LogP contribution in [0.1, 0.15) is 6.92 Å². The summed E-state index contributed by atoms with van der Waals surface area (Å²) in [6.45, 7) is 10.4. The molecule has 0 aromatic heterocycles. The molecule has 0 aliphatic carbocycles. The Morgan fingerprint density at radius 2 is 2.40 bits per heavy atom. The van der Waals surface area contributed by atoms with Crippen molar-refractivity contribution in [2.75, 3.05) is 26.2 Å². The lowest BCUT2D eigenvalue weighted by Gasteiger charge is -2.36. The summed E-state index contributed by atoms with van der Waals surface area (Å²) < 4.78 is 0. The minimum atomic E-state index is 0.767. The Morgan fingerprint density at radius 1 is 1.70 bits per heavy atom. The van der Waals surface area contributed by atoms with E-state index in [2.05, 4.69) is 23.7 Å². The molecule has 0 bridgehead atoms. The minimum Gasteiger partial charge on any atom is -0.314 e. The zero-order chi connectivity index (χ0) is 7.40. The van der Waals surface area contributed by atoms with Gasteiger partial charge in [-0.2, -0.15) is 0 Å². The summed E-state index contributed by atoms with van der Waals surface area (Å²) in [7, 11) is 0. The summed E-state index contributed by atoms with van der Waals surface area (Å²) in [5.41, 5.74) is 0. The van der Waals surface area contributed by atoms with Crippen molar-refractivity contribution in [2.45, 2.75) is 13.0 Å². The van der Waals surface area contributed by atoms with Crippen LogP contribution in [0.15, 0.2) is 12.7 Å². The highest BCUT2D eigenvalue weighted by atomic mass is 15.2. The molecule has 1 saturated heterocycles. The van der Waals surface area contributed by atoms with Gasteiger partial charge in [0.05, 0.1) is 0 Å². The number of rotatable bonds is 4. The first-order valence-corrected chi connectivity index (χ1v) is 3.94. The fourth-order valence-electron chi connectivity index (χ4n) is 1.23. The summed E-state index contributed by atoms with van der Waals surface area (Å²) in [4.78, 5) is 2.43. The molecule has 2 heteroatoms. The van der Waals surface area contributed by atoms with Crippen molar-refractivity contribution in [2.24, 2.45) is 0 Å². The van der Waals surface area contributed by atoms with Crippen LogP contribution in [0.2, 0.25) is 0 Å². The third kappa shape index (κ3) is 1.58. The second-order valence-corrected chi connectivity index (χ2v) is 2.69. The van der Waals surface area contributed by atoms with Crippen molar-refractivity contribution in [1.29, 1.82) is 0 Å². The highest BCUT2D eigenvalue weighted by molar-refractivity contribution is 4.87. The fourth-order valence-corrected chi connectivity index (χ4v) is 1.23. The van der Waals surface area contributed by atoms with Gasteiger partial charge in [0, 0.05) is 25.7 Å². The summed E-state index contributed by atoms with van der Waals surface area (Å²) in [5, 5.41) is 3.26. The topological polar surface area (TPSA) is 15.3 Å². The summed E-state index contributed by atoms with van der Waals surface area (Å²) in [6.07, 6.45) is 1.97. The van der Waals surface area contributed by atoms with Gasteiger partial charge in [-0.25, -0.2) is 0 Å². The average molecular weight is 140 g/mol. The van der Waals surface area contributed by atoms with Crippen LogP contribution in [0.25, 0.3) is 0 Å². The second-order valence-electron chi connectivity index (χ2n) is 2.69. The number of nitrogens with zero attached hydrogens (tertiary/aromatic N) is 1. The van der Waals surface area contributed by atoms with E-state index in [1.54, 1.807) is 0 Å². The number of nitrogens with one attached hydrogen (secondary N) is 1. The normalized spacial score (nSPS) is 19.0. The standard InChI is InChI=1S/C8H16N2/c1-3-5-10(4-2)8-6-9-7-8/h3,8-9H,1,4-7H2,2H3. The molecule has 0 aromatic carbocycles. The van der Waals surface area contributed by atoms with E-state index < -0.39 is 0 Å². The number of likely N-dealkylation sites (N-methyl/N-ethyl adjacent to an activating group) is 1. The van der Waals surface area contributed by atoms with Gasteiger partial charge in [-0.1, -0.05) is 13.0 Å². The first-order valence-electron chi connectivity index (χ1n) is 3.94. The Balaban J connectivity index is 2.23. The monoisotopic (exact) mass is 140 g/mol. The van der Waals surface area contributed by atoms with Crippen LogP contribution in [-0.2, 0) is 0 Å². The third-order valence-electron chi connectivity index (χ3n) is 2.05. The van der Waals surface area contributed by atoms with Crippen molar-refractivity contribution < 1.29 is 0 Å². The SMILES string of the molecule is C=CCN(CC)C1CNC1. The molecule has 2 nitrogen and oxygen atoms in total. The molecule has 0 radical (unpaired) electrons. The van der Waals surface area contributed by atoms with Gasteiger partial charge in [0.2, 0.25) is 0 Å². The number of hydrogen-bond acceptors (Lipinski definition) is 2. The molecular formula is C8H16N2. The highest BCUT2D eigenvalue weighted by Gasteiger charge is 2.21. The molecule has 0 saturated carbocycles. The Hall–Kier alpha value is -0.340. The summed E-state index contributed by atoms with van der Waals surface area (Å²) in [5.74, 6) is 0. The van der Waals surface area contributed by atoms with E-state index in [9.17, 15) is 0 Å². The van der Waals surface area contributed by atoms with E-state index in [1.165, 1.54) is 0 Å². The van der Waals surface area contributed by atoms with Crippen molar-refractivity contribution in [1.82, 2.24) is 10.2 Å². The van der Waals surface area contributed by atoms with Crippen LogP contribution in [0.4, 0.5) is 0 Å². The minimum absolute atomic E-state index is 0.767. The van der Waals surface area contributed by atoms with Crippen LogP contribution < -0.4 is 5.32 Å². The van der Waals surface area contributed by atoms with E-state index in [4.69, 9.17) is 0 Å². The van der Waals surface area contributed by atoms with Gasteiger partial charge in [0.15, 0.2) is 0 Å². The van der Waals surface area contributed by atoms with Gasteiger partial charge in [-0.15, -0.1) is 6.58 Å². The molecule has 0 atom stereocenters. The van der Waals surface area contributed by atoms with E-state index in [0.717, 1.165) is 32.2 Å². The molecule has 1 aliphatic heterocycles. The van der Waals surface area contributed by atoms with Crippen molar-refractivity contribution in [3.8, 4) is 0 Å². The van der Waals surface area contributed by atoms with Gasteiger partial charge < -0.3 is 5.32 Å². The van der Waals surface area contributed by atoms with Crippen LogP contribution in [0, 0.1) is 0 Å². The van der Waals surface area contributed by atoms with Crippen molar-refractivity contribution >= 4 is 0 Å². The Morgan fingerprint density at radius 3 is 2.70 bits per heavy atom. The summed E-state index contributed by atoms with van der Waals surface area (Å²) >= 11 is 0. The molecule has 1 fully saturated rings. The Kier molecular flexibility index (Phi) is 2.90.